The van der Waals surface area contributed by atoms with E-state index in [2.05, 4.69) is 27.8 Å². The molecule has 0 unspecified atom stereocenters. The number of hydrogen-bond donors (Lipinski definition) is 2. The number of hydrogen-bond acceptors (Lipinski definition) is 6. The van der Waals surface area contributed by atoms with Crippen LogP contribution in [0.15, 0.2) is 59.6 Å². The first kappa shape index (κ1) is 20.0. The summed E-state index contributed by atoms with van der Waals surface area (Å²) in [7, 11) is -2.94. The van der Waals surface area contributed by atoms with Crippen LogP contribution in [0.5, 0.6) is 0 Å². The van der Waals surface area contributed by atoms with Crippen LogP contribution in [0.2, 0.25) is 0 Å². The lowest BCUT2D eigenvalue weighted by molar-refractivity contribution is -0.120. The number of anilines is 1. The van der Waals surface area contributed by atoms with E-state index in [1.807, 2.05) is 42.5 Å². The Hall–Kier alpha value is -2.32. The van der Waals surface area contributed by atoms with E-state index < -0.39 is 9.84 Å². The summed E-state index contributed by atoms with van der Waals surface area (Å²) < 4.78 is 23.3. The number of benzene rings is 2. The Morgan fingerprint density at radius 2 is 1.79 bits per heavy atom. The molecule has 0 aliphatic carbocycles. The summed E-state index contributed by atoms with van der Waals surface area (Å²) in [6.45, 7) is 0.623. The van der Waals surface area contributed by atoms with Gasteiger partial charge in [-0.05, 0) is 29.7 Å². The second-order valence-corrected chi connectivity index (χ2v) is 10.7. The van der Waals surface area contributed by atoms with E-state index in [9.17, 15) is 13.2 Å². The molecule has 1 amide bonds. The van der Waals surface area contributed by atoms with Gasteiger partial charge in [-0.1, -0.05) is 54.2 Å². The molecule has 0 aromatic heterocycles. The fraction of sp³-hybridized carbons (Fsp3) is 0.333. The number of aliphatic imine (C=N–C) groups is 1. The van der Waals surface area contributed by atoms with Crippen LogP contribution in [-0.2, 0) is 27.5 Å². The summed E-state index contributed by atoms with van der Waals surface area (Å²) in [5.41, 5.74) is 3.03. The molecule has 2 aromatic rings. The second-order valence-electron chi connectivity index (χ2n) is 7.32. The van der Waals surface area contributed by atoms with Gasteiger partial charge >= 0.3 is 0 Å². The Morgan fingerprint density at radius 1 is 1.03 bits per heavy atom. The zero-order chi connectivity index (χ0) is 20.3. The van der Waals surface area contributed by atoms with Crippen molar-refractivity contribution >= 4 is 38.4 Å². The standard InChI is InChI=1S/C21H23N3O3S2/c25-20(22-11-10-15-4-2-1-3-5-15)12-16-6-8-17(9-7-16)23-21-24-18-13-29(26,27)14-19(18)28-21/h1-9,18-19H,10-14H2,(H,22,25)(H,23,24)/t18-,19+/m0/s1. The summed E-state index contributed by atoms with van der Waals surface area (Å²) in [5.74, 6) is 0.357. The van der Waals surface area contributed by atoms with E-state index >= 15 is 0 Å². The van der Waals surface area contributed by atoms with Crippen molar-refractivity contribution in [3.63, 3.8) is 0 Å². The third kappa shape index (κ3) is 5.39. The van der Waals surface area contributed by atoms with Crippen LogP contribution >= 0.6 is 11.8 Å². The first-order chi connectivity index (χ1) is 14.0. The number of carbonyl (C=O) groups excluding carboxylic acids is 1. The molecule has 29 heavy (non-hydrogen) atoms. The minimum Gasteiger partial charge on any atom is -0.355 e. The number of amidine groups is 1. The summed E-state index contributed by atoms with van der Waals surface area (Å²) >= 11 is 1.50. The van der Waals surface area contributed by atoms with E-state index in [1.165, 1.54) is 17.3 Å². The number of carbonyl (C=O) groups is 1. The SMILES string of the molecule is O=C(Cc1ccc(NC2=N[C@H]3CS(=O)(=O)C[C@H]3S2)cc1)NCCc1ccccc1. The maximum Gasteiger partial charge on any atom is 0.224 e. The van der Waals surface area contributed by atoms with Gasteiger partial charge in [-0.25, -0.2) is 8.42 Å². The molecule has 0 saturated carbocycles. The van der Waals surface area contributed by atoms with Crippen LogP contribution in [0.3, 0.4) is 0 Å². The van der Waals surface area contributed by atoms with Crippen molar-refractivity contribution in [1.29, 1.82) is 0 Å². The molecule has 0 spiro atoms. The highest BCUT2D eigenvalue weighted by Crippen LogP contribution is 2.34. The van der Waals surface area contributed by atoms with Crippen molar-refractivity contribution < 1.29 is 13.2 Å². The minimum absolute atomic E-state index is 0.00592. The van der Waals surface area contributed by atoms with Gasteiger partial charge in [-0.15, -0.1) is 0 Å². The number of sulfone groups is 1. The number of thioether (sulfide) groups is 1. The molecule has 6 nitrogen and oxygen atoms in total. The average Bonchev–Trinajstić information content (AvgIpc) is 3.16. The normalized spacial score (nSPS) is 22.0. The van der Waals surface area contributed by atoms with E-state index in [0.29, 0.717) is 13.0 Å². The third-order valence-corrected chi connectivity index (χ3v) is 8.11. The zero-order valence-electron chi connectivity index (χ0n) is 15.9. The predicted octanol–water partition coefficient (Wildman–Crippen LogP) is 2.27. The van der Waals surface area contributed by atoms with Gasteiger partial charge in [0.2, 0.25) is 5.91 Å². The molecule has 1 saturated heterocycles. The van der Waals surface area contributed by atoms with E-state index in [0.717, 1.165) is 22.8 Å². The Bertz CT molecular complexity index is 1010. The molecule has 2 atom stereocenters. The Balaban J connectivity index is 1.24. The average molecular weight is 430 g/mol. The lowest BCUT2D eigenvalue weighted by Crippen LogP contribution is -2.27. The van der Waals surface area contributed by atoms with E-state index in [1.54, 1.807) is 0 Å². The summed E-state index contributed by atoms with van der Waals surface area (Å²) in [5, 5.41) is 7.00. The highest BCUT2D eigenvalue weighted by molar-refractivity contribution is 8.15. The molecular weight excluding hydrogens is 406 g/mol. The molecule has 152 valence electrons. The van der Waals surface area contributed by atoms with Crippen molar-refractivity contribution in [1.82, 2.24) is 5.32 Å². The van der Waals surface area contributed by atoms with Gasteiger partial charge in [0.15, 0.2) is 15.0 Å². The van der Waals surface area contributed by atoms with Crippen LogP contribution in [0.4, 0.5) is 5.69 Å². The first-order valence-electron chi connectivity index (χ1n) is 9.58. The summed E-state index contributed by atoms with van der Waals surface area (Å²) in [4.78, 5) is 16.6. The molecule has 0 radical (unpaired) electrons. The van der Waals surface area contributed by atoms with Crippen LogP contribution in [-0.4, -0.2) is 48.8 Å². The van der Waals surface area contributed by atoms with Gasteiger partial charge in [-0.3, -0.25) is 9.79 Å². The molecule has 2 N–H and O–H groups in total. The number of amides is 1. The molecule has 2 heterocycles. The highest BCUT2D eigenvalue weighted by atomic mass is 32.2. The maximum atomic E-state index is 12.1. The van der Waals surface area contributed by atoms with Crippen molar-refractivity contribution in [2.45, 2.75) is 24.1 Å². The topological polar surface area (TPSA) is 87.6 Å². The largest absolute Gasteiger partial charge is 0.355 e. The molecule has 8 heteroatoms. The van der Waals surface area contributed by atoms with Crippen LogP contribution < -0.4 is 10.6 Å². The quantitative estimate of drug-likeness (QED) is 0.736. The third-order valence-electron chi connectivity index (χ3n) is 4.97. The number of fused-ring (bicyclic) bond motifs is 1. The lowest BCUT2D eigenvalue weighted by Gasteiger charge is -2.09. The second kappa shape index (κ2) is 8.59. The molecule has 2 aromatic carbocycles. The lowest BCUT2D eigenvalue weighted by atomic mass is 10.1. The number of rotatable bonds is 6. The zero-order valence-corrected chi connectivity index (χ0v) is 17.5. The van der Waals surface area contributed by atoms with Gasteiger partial charge in [0.1, 0.15) is 0 Å². The fourth-order valence-electron chi connectivity index (χ4n) is 3.48. The van der Waals surface area contributed by atoms with Gasteiger partial charge < -0.3 is 10.6 Å². The Kier molecular flexibility index (Phi) is 5.91. The van der Waals surface area contributed by atoms with Crippen LogP contribution in [0.1, 0.15) is 11.1 Å². The monoisotopic (exact) mass is 429 g/mol. The fourth-order valence-corrected chi connectivity index (χ4v) is 7.16. The minimum atomic E-state index is -2.94. The van der Waals surface area contributed by atoms with Crippen molar-refractivity contribution in [3.8, 4) is 0 Å². The summed E-state index contributed by atoms with van der Waals surface area (Å²) in [6.07, 6.45) is 1.16. The Morgan fingerprint density at radius 3 is 2.52 bits per heavy atom. The van der Waals surface area contributed by atoms with Crippen molar-refractivity contribution in [2.75, 3.05) is 23.4 Å². The van der Waals surface area contributed by atoms with Crippen molar-refractivity contribution in [3.05, 3.63) is 65.7 Å². The van der Waals surface area contributed by atoms with Gasteiger partial charge in [0, 0.05) is 17.5 Å². The van der Waals surface area contributed by atoms with Crippen molar-refractivity contribution in [2.24, 2.45) is 4.99 Å². The van der Waals surface area contributed by atoms with Crippen LogP contribution in [0, 0.1) is 0 Å². The summed E-state index contributed by atoms with van der Waals surface area (Å²) in [6, 6.07) is 17.6. The maximum absolute atomic E-state index is 12.1. The molecule has 2 aliphatic heterocycles. The van der Waals surface area contributed by atoms with Gasteiger partial charge in [0.25, 0.3) is 0 Å². The molecule has 0 bridgehead atoms. The van der Waals surface area contributed by atoms with Crippen LogP contribution in [0.25, 0.3) is 0 Å². The smallest absolute Gasteiger partial charge is 0.224 e. The van der Waals surface area contributed by atoms with E-state index in [-0.39, 0.29) is 28.7 Å². The number of nitrogens with one attached hydrogen (secondary N) is 2. The predicted molar refractivity (Wildman–Crippen MR) is 118 cm³/mol. The van der Waals surface area contributed by atoms with Gasteiger partial charge in [0.05, 0.1) is 24.0 Å². The first-order valence-corrected chi connectivity index (χ1v) is 12.3. The molecule has 1 fully saturated rings. The molecular formula is C21H23N3O3S2. The highest BCUT2D eigenvalue weighted by Gasteiger charge is 2.42. The Labute approximate surface area is 175 Å². The number of nitrogens with zero attached hydrogens (tertiary/aromatic N) is 1. The van der Waals surface area contributed by atoms with Gasteiger partial charge in [-0.2, -0.15) is 0 Å². The molecule has 2 aliphatic rings. The molecule has 4 rings (SSSR count). The van der Waals surface area contributed by atoms with E-state index in [4.69, 9.17) is 0 Å².